The van der Waals surface area contributed by atoms with Crippen LogP contribution in [0.25, 0.3) is 0 Å². The molecule has 0 unspecified atom stereocenters. The zero-order chi connectivity index (χ0) is 19.8. The molecule has 0 heterocycles. The second-order valence-corrected chi connectivity index (χ2v) is 6.71. The highest BCUT2D eigenvalue weighted by Gasteiger charge is 2.12. The molecule has 0 spiro atoms. The van der Waals surface area contributed by atoms with Crippen LogP contribution in [0.1, 0.15) is 31.7 Å². The van der Waals surface area contributed by atoms with Crippen LogP contribution < -0.4 is 10.6 Å². The molecule has 144 valence electrons. The smallest absolute Gasteiger partial charge is 0.238 e. The Balaban J connectivity index is 1.79. The summed E-state index contributed by atoms with van der Waals surface area (Å²) in [5, 5.41) is 5.50. The average molecular weight is 371 g/mol. The largest absolute Gasteiger partial charge is 0.325 e. The van der Waals surface area contributed by atoms with Gasteiger partial charge in [-0.25, -0.2) is 4.39 Å². The maximum absolute atomic E-state index is 12.9. The lowest BCUT2D eigenvalue weighted by atomic mass is 9.99. The number of nitrogens with one attached hydrogen (secondary N) is 2. The van der Waals surface area contributed by atoms with Crippen LogP contribution in [-0.4, -0.2) is 36.9 Å². The summed E-state index contributed by atoms with van der Waals surface area (Å²) in [6.07, 6.45) is 1.07. The molecule has 0 bridgehead atoms. The predicted octanol–water partition coefficient (Wildman–Crippen LogP) is 3.85. The minimum atomic E-state index is -0.362. The van der Waals surface area contributed by atoms with E-state index in [0.717, 1.165) is 12.1 Å². The molecular formula is C21H26FN3O2. The van der Waals surface area contributed by atoms with Gasteiger partial charge in [0.2, 0.25) is 11.8 Å². The van der Waals surface area contributed by atoms with Gasteiger partial charge < -0.3 is 10.6 Å². The molecule has 2 amide bonds. The summed E-state index contributed by atoms with van der Waals surface area (Å²) in [5.74, 6) is -0.335. The number of likely N-dealkylation sites (N-methyl/N-ethyl adjacent to an activating group) is 1. The molecule has 0 aliphatic rings. The standard InChI is InChI=1S/C21H26FN3O2/c1-4-15(2)16-5-9-18(10-6-16)23-20(26)13-25(3)14-21(27)24-19-11-7-17(22)8-12-19/h5-12,15H,4,13-14H2,1-3H3,(H,23,26)(H,24,27)/t15-/m0/s1. The molecule has 2 N–H and O–H groups in total. The van der Waals surface area contributed by atoms with E-state index >= 15 is 0 Å². The van der Waals surface area contributed by atoms with Crippen LogP contribution in [0.4, 0.5) is 15.8 Å². The Kier molecular flexibility index (Phi) is 7.49. The molecule has 2 aromatic rings. The molecule has 0 aromatic heterocycles. The van der Waals surface area contributed by atoms with Crippen molar-refractivity contribution in [3.8, 4) is 0 Å². The molecule has 0 aliphatic heterocycles. The number of hydrogen-bond acceptors (Lipinski definition) is 3. The molecule has 0 saturated carbocycles. The fraction of sp³-hybridized carbons (Fsp3) is 0.333. The molecule has 2 aromatic carbocycles. The van der Waals surface area contributed by atoms with Crippen LogP contribution in [0.3, 0.4) is 0 Å². The second kappa shape index (κ2) is 9.83. The van der Waals surface area contributed by atoms with E-state index in [1.807, 2.05) is 24.3 Å². The second-order valence-electron chi connectivity index (χ2n) is 6.71. The van der Waals surface area contributed by atoms with Crippen molar-refractivity contribution >= 4 is 23.2 Å². The van der Waals surface area contributed by atoms with Crippen LogP contribution in [0, 0.1) is 5.82 Å². The fourth-order valence-corrected chi connectivity index (χ4v) is 2.61. The zero-order valence-electron chi connectivity index (χ0n) is 16.0. The van der Waals surface area contributed by atoms with E-state index in [2.05, 4.69) is 24.5 Å². The van der Waals surface area contributed by atoms with Crippen molar-refractivity contribution in [3.63, 3.8) is 0 Å². The highest BCUT2D eigenvalue weighted by molar-refractivity contribution is 5.94. The van der Waals surface area contributed by atoms with E-state index in [1.165, 1.54) is 29.8 Å². The summed E-state index contributed by atoms with van der Waals surface area (Å²) in [5.41, 5.74) is 2.49. The van der Waals surface area contributed by atoms with E-state index in [9.17, 15) is 14.0 Å². The first-order chi connectivity index (χ1) is 12.9. The van der Waals surface area contributed by atoms with E-state index in [1.54, 1.807) is 11.9 Å². The number of carbonyl (C=O) groups is 2. The Hall–Kier alpha value is -2.73. The van der Waals surface area contributed by atoms with Gasteiger partial charge in [0, 0.05) is 11.4 Å². The summed E-state index contributed by atoms with van der Waals surface area (Å²) in [6, 6.07) is 13.3. The van der Waals surface area contributed by atoms with Crippen molar-refractivity contribution in [3.05, 3.63) is 59.9 Å². The Morgan fingerprint density at radius 2 is 1.37 bits per heavy atom. The Morgan fingerprint density at radius 1 is 0.926 bits per heavy atom. The minimum Gasteiger partial charge on any atom is -0.325 e. The number of benzene rings is 2. The van der Waals surface area contributed by atoms with Crippen LogP contribution in [-0.2, 0) is 9.59 Å². The minimum absolute atomic E-state index is 0.0533. The van der Waals surface area contributed by atoms with Crippen molar-refractivity contribution in [2.45, 2.75) is 26.2 Å². The first-order valence-corrected chi connectivity index (χ1v) is 9.01. The van der Waals surface area contributed by atoms with Crippen molar-refractivity contribution in [2.75, 3.05) is 30.8 Å². The number of nitrogens with zero attached hydrogens (tertiary/aromatic N) is 1. The normalized spacial score (nSPS) is 11.9. The van der Waals surface area contributed by atoms with E-state index in [0.29, 0.717) is 11.6 Å². The molecule has 0 radical (unpaired) electrons. The maximum atomic E-state index is 12.9. The number of halogens is 1. The Bertz CT molecular complexity index is 760. The highest BCUT2D eigenvalue weighted by atomic mass is 19.1. The van der Waals surface area contributed by atoms with E-state index in [-0.39, 0.29) is 30.7 Å². The van der Waals surface area contributed by atoms with Crippen LogP contribution in [0.2, 0.25) is 0 Å². The van der Waals surface area contributed by atoms with Gasteiger partial charge in [0.1, 0.15) is 5.82 Å². The van der Waals surface area contributed by atoms with Gasteiger partial charge in [-0.05, 0) is 61.3 Å². The van der Waals surface area contributed by atoms with Gasteiger partial charge in [0.15, 0.2) is 0 Å². The number of hydrogen-bond donors (Lipinski definition) is 2. The lowest BCUT2D eigenvalue weighted by molar-refractivity contribution is -0.119. The number of amides is 2. The van der Waals surface area contributed by atoms with E-state index < -0.39 is 0 Å². The van der Waals surface area contributed by atoms with Crippen molar-refractivity contribution in [2.24, 2.45) is 0 Å². The van der Waals surface area contributed by atoms with Gasteiger partial charge in [0.05, 0.1) is 13.1 Å². The van der Waals surface area contributed by atoms with Crippen molar-refractivity contribution in [1.29, 1.82) is 0 Å². The quantitative estimate of drug-likeness (QED) is 0.741. The summed E-state index contributed by atoms with van der Waals surface area (Å²) in [4.78, 5) is 25.8. The van der Waals surface area contributed by atoms with E-state index in [4.69, 9.17) is 0 Å². The molecule has 2 rings (SSSR count). The third-order valence-electron chi connectivity index (χ3n) is 4.33. The molecule has 0 saturated heterocycles. The molecular weight excluding hydrogens is 345 g/mol. The number of carbonyl (C=O) groups excluding carboxylic acids is 2. The SMILES string of the molecule is CC[C@H](C)c1ccc(NC(=O)CN(C)CC(=O)Nc2ccc(F)cc2)cc1. The number of rotatable bonds is 8. The third-order valence-corrected chi connectivity index (χ3v) is 4.33. The van der Waals surface area contributed by atoms with Gasteiger partial charge in [0.25, 0.3) is 0 Å². The molecule has 1 atom stereocenters. The summed E-state index contributed by atoms with van der Waals surface area (Å²) >= 11 is 0. The van der Waals surface area contributed by atoms with Gasteiger partial charge in [-0.2, -0.15) is 0 Å². The Morgan fingerprint density at radius 3 is 1.81 bits per heavy atom. The first-order valence-electron chi connectivity index (χ1n) is 9.01. The maximum Gasteiger partial charge on any atom is 0.238 e. The molecule has 0 aliphatic carbocycles. The topological polar surface area (TPSA) is 61.4 Å². The predicted molar refractivity (Wildman–Crippen MR) is 106 cm³/mol. The summed E-state index contributed by atoms with van der Waals surface area (Å²) < 4.78 is 12.9. The molecule has 5 nitrogen and oxygen atoms in total. The van der Waals surface area contributed by atoms with Gasteiger partial charge >= 0.3 is 0 Å². The lowest BCUT2D eigenvalue weighted by Crippen LogP contribution is -2.36. The zero-order valence-corrected chi connectivity index (χ0v) is 16.0. The Labute approximate surface area is 159 Å². The number of anilines is 2. The molecule has 0 fully saturated rings. The fourth-order valence-electron chi connectivity index (χ4n) is 2.61. The summed E-state index contributed by atoms with van der Waals surface area (Å²) in [6.45, 7) is 4.45. The lowest BCUT2D eigenvalue weighted by Gasteiger charge is -2.16. The van der Waals surface area contributed by atoms with Crippen LogP contribution >= 0.6 is 0 Å². The third kappa shape index (κ3) is 6.83. The van der Waals surface area contributed by atoms with Gasteiger partial charge in [-0.3, -0.25) is 14.5 Å². The summed E-state index contributed by atoms with van der Waals surface area (Å²) in [7, 11) is 1.69. The molecule has 27 heavy (non-hydrogen) atoms. The highest BCUT2D eigenvalue weighted by Crippen LogP contribution is 2.20. The van der Waals surface area contributed by atoms with Crippen molar-refractivity contribution < 1.29 is 14.0 Å². The van der Waals surface area contributed by atoms with Gasteiger partial charge in [-0.1, -0.05) is 26.0 Å². The average Bonchev–Trinajstić information content (AvgIpc) is 2.63. The molecule has 6 heteroatoms. The van der Waals surface area contributed by atoms with Gasteiger partial charge in [-0.15, -0.1) is 0 Å². The first kappa shape index (κ1) is 20.6. The van der Waals surface area contributed by atoms with Crippen LogP contribution in [0.15, 0.2) is 48.5 Å². The monoisotopic (exact) mass is 371 g/mol. The van der Waals surface area contributed by atoms with Crippen LogP contribution in [0.5, 0.6) is 0 Å². The van der Waals surface area contributed by atoms with Crippen molar-refractivity contribution in [1.82, 2.24) is 4.90 Å².